The number of rotatable bonds is 4. The average molecular weight is 234 g/mol. The first-order valence-corrected chi connectivity index (χ1v) is 6.91. The lowest BCUT2D eigenvalue weighted by atomic mass is 9.94. The summed E-state index contributed by atoms with van der Waals surface area (Å²) in [5.41, 5.74) is 0. The van der Waals surface area contributed by atoms with Crippen molar-refractivity contribution in [3.63, 3.8) is 0 Å². The molecular weight excluding hydrogens is 212 g/mol. The highest BCUT2D eigenvalue weighted by molar-refractivity contribution is 5.93. The summed E-state index contributed by atoms with van der Waals surface area (Å²) in [6.45, 7) is 2.04. The quantitative estimate of drug-likeness (QED) is 0.571. The van der Waals surface area contributed by atoms with Crippen LogP contribution in [0.25, 0.3) is 0 Å². The van der Waals surface area contributed by atoms with E-state index in [2.05, 4.69) is 0 Å². The number of hydrogen-bond acceptors (Lipinski definition) is 2. The second-order valence-electron chi connectivity index (χ2n) is 5.10. The summed E-state index contributed by atoms with van der Waals surface area (Å²) in [6.07, 6.45) is 9.22. The van der Waals surface area contributed by atoms with Gasteiger partial charge in [0.2, 0.25) is 0 Å². The largest absolute Gasteiger partial charge is 0.458 e. The van der Waals surface area contributed by atoms with Gasteiger partial charge in [0.1, 0.15) is 5.76 Å². The van der Waals surface area contributed by atoms with Gasteiger partial charge in [-0.1, -0.05) is 45.4 Å². The van der Waals surface area contributed by atoms with E-state index >= 15 is 0 Å². The molecule has 0 atom stereocenters. The highest BCUT2D eigenvalue weighted by Crippen LogP contribution is 2.27. The van der Waals surface area contributed by atoms with Crippen LogP contribution in [0.4, 0.5) is 0 Å². The van der Waals surface area contributed by atoms with E-state index in [1.54, 1.807) is 0 Å². The molecule has 0 aliphatic heterocycles. The maximum Gasteiger partial charge on any atom is 0.198 e. The monoisotopic (exact) mass is 234 g/mol. The van der Waals surface area contributed by atoms with Crippen LogP contribution in [0.1, 0.15) is 68.2 Å². The number of carbonyl (C=O) groups is 1. The molecule has 1 aliphatic carbocycles. The summed E-state index contributed by atoms with van der Waals surface area (Å²) >= 11 is 0. The van der Waals surface area contributed by atoms with Crippen LogP contribution in [0.3, 0.4) is 0 Å². The molecule has 1 heterocycles. The van der Waals surface area contributed by atoms with Crippen molar-refractivity contribution in [3.05, 3.63) is 23.7 Å². The Morgan fingerprint density at radius 3 is 2.53 bits per heavy atom. The molecule has 0 spiro atoms. The van der Waals surface area contributed by atoms with E-state index in [0.717, 1.165) is 12.2 Å². The number of carbonyl (C=O) groups excluding carboxylic acids is 1. The maximum absolute atomic E-state index is 12.1. The molecule has 2 nitrogen and oxygen atoms in total. The molecule has 1 fully saturated rings. The van der Waals surface area contributed by atoms with Crippen molar-refractivity contribution in [2.24, 2.45) is 5.92 Å². The molecule has 0 bridgehead atoms. The van der Waals surface area contributed by atoms with E-state index in [0.29, 0.717) is 18.1 Å². The lowest BCUT2D eigenvalue weighted by molar-refractivity contribution is 0.0928. The maximum atomic E-state index is 12.1. The molecule has 1 aliphatic rings. The van der Waals surface area contributed by atoms with Crippen molar-refractivity contribution >= 4 is 5.78 Å². The van der Waals surface area contributed by atoms with Gasteiger partial charge in [0.15, 0.2) is 11.5 Å². The molecule has 0 amide bonds. The molecule has 1 aromatic heterocycles. The molecule has 1 saturated carbocycles. The van der Waals surface area contributed by atoms with Crippen LogP contribution in [-0.4, -0.2) is 5.78 Å². The first-order valence-electron chi connectivity index (χ1n) is 6.91. The molecule has 0 radical (unpaired) electrons. The second kappa shape index (κ2) is 6.04. The van der Waals surface area contributed by atoms with Gasteiger partial charge in [0, 0.05) is 12.8 Å². The minimum Gasteiger partial charge on any atom is -0.458 e. The van der Waals surface area contributed by atoms with Crippen LogP contribution in [0.2, 0.25) is 0 Å². The Bertz CT molecular complexity index is 357. The molecule has 2 heteroatoms. The first-order chi connectivity index (χ1) is 8.29. The van der Waals surface area contributed by atoms with Crippen molar-refractivity contribution in [1.82, 2.24) is 0 Å². The Morgan fingerprint density at radius 2 is 1.94 bits per heavy atom. The van der Waals surface area contributed by atoms with E-state index in [9.17, 15) is 4.79 Å². The number of furan rings is 1. The molecule has 0 unspecified atom stereocenters. The zero-order chi connectivity index (χ0) is 12.1. The van der Waals surface area contributed by atoms with E-state index in [1.165, 1.54) is 38.5 Å². The number of hydrogen-bond donors (Lipinski definition) is 0. The number of aryl methyl sites for hydroxylation is 1. The van der Waals surface area contributed by atoms with Gasteiger partial charge in [0.05, 0.1) is 0 Å². The van der Waals surface area contributed by atoms with Crippen LogP contribution in [-0.2, 0) is 6.42 Å². The van der Waals surface area contributed by atoms with Crippen molar-refractivity contribution in [3.8, 4) is 0 Å². The minimum absolute atomic E-state index is 0.191. The fraction of sp³-hybridized carbons (Fsp3) is 0.667. The van der Waals surface area contributed by atoms with Crippen LogP contribution < -0.4 is 0 Å². The van der Waals surface area contributed by atoms with Crippen LogP contribution in [0, 0.1) is 5.92 Å². The summed E-state index contributed by atoms with van der Waals surface area (Å²) < 4.78 is 5.52. The third kappa shape index (κ3) is 3.45. The van der Waals surface area contributed by atoms with Gasteiger partial charge in [-0.05, 0) is 18.1 Å². The zero-order valence-electron chi connectivity index (χ0n) is 10.7. The lowest BCUT2D eigenvalue weighted by Crippen LogP contribution is -2.07. The Kier molecular flexibility index (Phi) is 4.41. The van der Waals surface area contributed by atoms with Gasteiger partial charge in [-0.25, -0.2) is 0 Å². The third-order valence-corrected chi connectivity index (χ3v) is 3.73. The molecule has 0 saturated heterocycles. The van der Waals surface area contributed by atoms with Crippen molar-refractivity contribution in [2.75, 3.05) is 0 Å². The van der Waals surface area contributed by atoms with E-state index in [-0.39, 0.29) is 5.78 Å². The predicted octanol–water partition coefficient (Wildman–Crippen LogP) is 4.39. The van der Waals surface area contributed by atoms with Crippen LogP contribution in [0.5, 0.6) is 0 Å². The van der Waals surface area contributed by atoms with Gasteiger partial charge in [0.25, 0.3) is 0 Å². The summed E-state index contributed by atoms with van der Waals surface area (Å²) in [5, 5.41) is 0. The highest BCUT2D eigenvalue weighted by Gasteiger charge is 2.19. The molecular formula is C15H22O2. The van der Waals surface area contributed by atoms with Crippen molar-refractivity contribution in [1.29, 1.82) is 0 Å². The predicted molar refractivity (Wildman–Crippen MR) is 68.2 cm³/mol. The Morgan fingerprint density at radius 1 is 1.24 bits per heavy atom. The van der Waals surface area contributed by atoms with Crippen molar-refractivity contribution in [2.45, 2.75) is 58.3 Å². The third-order valence-electron chi connectivity index (χ3n) is 3.73. The Balaban J connectivity index is 1.91. The number of Topliss-reactive ketones (excluding diaryl/α,β-unsaturated/α-hetero) is 1. The van der Waals surface area contributed by atoms with E-state index in [1.807, 2.05) is 19.1 Å². The van der Waals surface area contributed by atoms with E-state index in [4.69, 9.17) is 4.42 Å². The summed E-state index contributed by atoms with van der Waals surface area (Å²) in [7, 11) is 0. The average Bonchev–Trinajstić information content (AvgIpc) is 2.68. The summed E-state index contributed by atoms with van der Waals surface area (Å²) in [4.78, 5) is 12.1. The normalized spacial score (nSPS) is 17.9. The summed E-state index contributed by atoms with van der Waals surface area (Å²) in [6, 6.07) is 3.75. The minimum atomic E-state index is 0.191. The molecule has 1 aromatic rings. The van der Waals surface area contributed by atoms with Crippen molar-refractivity contribution < 1.29 is 9.21 Å². The smallest absolute Gasteiger partial charge is 0.198 e. The molecule has 17 heavy (non-hydrogen) atoms. The zero-order valence-corrected chi connectivity index (χ0v) is 10.7. The fourth-order valence-corrected chi connectivity index (χ4v) is 2.65. The SMILES string of the molecule is CCc1ccc(C(=O)CC2CCCCCC2)o1. The van der Waals surface area contributed by atoms with Gasteiger partial charge in [-0.3, -0.25) is 4.79 Å². The molecule has 2 rings (SSSR count). The highest BCUT2D eigenvalue weighted by atomic mass is 16.3. The fourth-order valence-electron chi connectivity index (χ4n) is 2.65. The van der Waals surface area contributed by atoms with Gasteiger partial charge < -0.3 is 4.42 Å². The number of ketones is 1. The molecule has 0 aromatic carbocycles. The summed E-state index contributed by atoms with van der Waals surface area (Å²) in [5.74, 6) is 2.25. The van der Waals surface area contributed by atoms with Gasteiger partial charge in [-0.2, -0.15) is 0 Å². The first kappa shape index (κ1) is 12.4. The molecule has 0 N–H and O–H groups in total. The van der Waals surface area contributed by atoms with Gasteiger partial charge >= 0.3 is 0 Å². The van der Waals surface area contributed by atoms with Gasteiger partial charge in [-0.15, -0.1) is 0 Å². The lowest BCUT2D eigenvalue weighted by Gasteiger charge is -2.11. The standard InChI is InChI=1S/C15H22O2/c1-2-13-9-10-15(17-13)14(16)11-12-7-5-3-4-6-8-12/h9-10,12H,2-8,11H2,1H3. The van der Waals surface area contributed by atoms with Crippen LogP contribution >= 0.6 is 0 Å². The Labute approximate surface area is 103 Å². The second-order valence-corrected chi connectivity index (χ2v) is 5.10. The Hall–Kier alpha value is -1.05. The van der Waals surface area contributed by atoms with E-state index < -0.39 is 0 Å². The van der Waals surface area contributed by atoms with Crippen LogP contribution in [0.15, 0.2) is 16.5 Å². The topological polar surface area (TPSA) is 30.2 Å². The molecule has 94 valence electrons.